The lowest BCUT2D eigenvalue weighted by Crippen LogP contribution is -2.29. The molecule has 0 bridgehead atoms. The van der Waals surface area contributed by atoms with Gasteiger partial charge in [-0.05, 0) is 50.6 Å². The van der Waals surface area contributed by atoms with E-state index in [-0.39, 0.29) is 5.92 Å². The molecule has 39 heavy (non-hydrogen) atoms. The molecule has 0 saturated heterocycles. The fraction of sp³-hybridized carbons (Fsp3) is 0.448. The van der Waals surface area contributed by atoms with Crippen LogP contribution in [0.1, 0.15) is 63.2 Å². The summed E-state index contributed by atoms with van der Waals surface area (Å²) in [7, 11) is 0.856. The molecule has 2 N–H and O–H groups in total. The fourth-order valence-electron chi connectivity index (χ4n) is 3.49. The van der Waals surface area contributed by atoms with Crippen molar-refractivity contribution in [3.63, 3.8) is 0 Å². The zero-order chi connectivity index (χ0) is 29.6. The van der Waals surface area contributed by atoms with Gasteiger partial charge in [0, 0.05) is 55.7 Å². The first-order valence-electron chi connectivity index (χ1n) is 12.7. The first-order valence-corrected chi connectivity index (χ1v) is 14.2. The van der Waals surface area contributed by atoms with E-state index in [1.165, 1.54) is 12.1 Å². The second kappa shape index (κ2) is 16.7. The maximum absolute atomic E-state index is 13.0. The average Bonchev–Trinajstić information content (AvgIpc) is 2.87. The summed E-state index contributed by atoms with van der Waals surface area (Å²) in [5, 5.41) is 3.21. The van der Waals surface area contributed by atoms with E-state index in [1.54, 1.807) is 13.2 Å². The SMILES string of the molecule is C#CC.C/C=C\C=C(/CNS(C)=O)N(C)CCc1nc(C(C)C)nc(Nc2ccc(C(F)(F)F)cc2)c1CC. The van der Waals surface area contributed by atoms with Gasteiger partial charge >= 0.3 is 6.18 Å². The van der Waals surface area contributed by atoms with Gasteiger partial charge in [-0.1, -0.05) is 32.9 Å². The van der Waals surface area contributed by atoms with E-state index in [9.17, 15) is 17.4 Å². The number of anilines is 2. The third-order valence-corrected chi connectivity index (χ3v) is 6.12. The first kappa shape index (κ1) is 33.9. The van der Waals surface area contributed by atoms with Crippen LogP contribution in [0.2, 0.25) is 0 Å². The summed E-state index contributed by atoms with van der Waals surface area (Å²) in [5.74, 6) is 3.61. The number of nitrogens with zero attached hydrogens (tertiary/aromatic N) is 3. The van der Waals surface area contributed by atoms with E-state index in [1.807, 2.05) is 53.0 Å². The van der Waals surface area contributed by atoms with Gasteiger partial charge in [0.05, 0.1) is 22.2 Å². The van der Waals surface area contributed by atoms with Gasteiger partial charge in [0.1, 0.15) is 11.6 Å². The van der Waals surface area contributed by atoms with Crippen LogP contribution in [0, 0.1) is 12.3 Å². The van der Waals surface area contributed by atoms with Gasteiger partial charge in [0.2, 0.25) is 0 Å². The quantitative estimate of drug-likeness (QED) is 0.232. The molecule has 1 heterocycles. The monoisotopic (exact) mass is 563 g/mol. The van der Waals surface area contributed by atoms with Gasteiger partial charge in [0.25, 0.3) is 0 Å². The predicted molar refractivity (Wildman–Crippen MR) is 156 cm³/mol. The third kappa shape index (κ3) is 11.6. The third-order valence-electron chi connectivity index (χ3n) is 5.57. The molecule has 2 aromatic rings. The van der Waals surface area contributed by atoms with E-state index in [4.69, 9.17) is 9.97 Å². The highest BCUT2D eigenvalue weighted by Gasteiger charge is 2.30. The Kier molecular flexibility index (Phi) is 14.5. The molecule has 1 aromatic carbocycles. The maximum atomic E-state index is 13.0. The van der Waals surface area contributed by atoms with Crippen molar-refractivity contribution < 1.29 is 17.4 Å². The molecule has 1 aromatic heterocycles. The molecule has 10 heteroatoms. The van der Waals surface area contributed by atoms with Gasteiger partial charge in [-0.3, -0.25) is 0 Å². The Bertz CT molecular complexity index is 1170. The molecule has 0 aliphatic rings. The summed E-state index contributed by atoms with van der Waals surface area (Å²) in [6.07, 6.45) is 8.98. The molecule has 0 saturated carbocycles. The Morgan fingerprint density at radius 2 is 1.85 bits per heavy atom. The van der Waals surface area contributed by atoms with Crippen LogP contribution in [0.25, 0.3) is 0 Å². The maximum Gasteiger partial charge on any atom is 0.416 e. The molecule has 0 fully saturated rings. The predicted octanol–water partition coefficient (Wildman–Crippen LogP) is 6.38. The summed E-state index contributed by atoms with van der Waals surface area (Å²) in [4.78, 5) is 11.6. The minimum absolute atomic E-state index is 0.0782. The standard InChI is InChI=1S/C26H36F3N5OS.C3H4/c1-7-9-10-21(17-30-36(6)35)34(5)16-15-23-22(8-2)25(33-24(32-23)18(3)4)31-20-13-11-19(12-14-20)26(27,28)29;1-3-2/h7,9-14,18,30H,8,15-17H2,1-6H3,(H,31,32,33);1H,2H3/b9-7-,21-10+;. The fourth-order valence-corrected chi connectivity index (χ4v) is 3.84. The van der Waals surface area contributed by atoms with Crippen LogP contribution in [-0.4, -0.2) is 45.5 Å². The van der Waals surface area contributed by atoms with Gasteiger partial charge < -0.3 is 10.2 Å². The molecule has 0 aliphatic heterocycles. The van der Waals surface area contributed by atoms with Gasteiger partial charge in [-0.25, -0.2) is 18.9 Å². The number of alkyl halides is 3. The summed E-state index contributed by atoms with van der Waals surface area (Å²) in [5.41, 5.74) is 2.66. The molecule has 2 rings (SSSR count). The normalized spacial score (nSPS) is 12.6. The Hall–Kier alpha value is -3.16. The first-order chi connectivity index (χ1) is 18.4. The number of nitrogens with one attached hydrogen (secondary N) is 2. The molecule has 0 spiro atoms. The van der Waals surface area contributed by atoms with Crippen LogP contribution >= 0.6 is 0 Å². The van der Waals surface area contributed by atoms with Gasteiger partial charge in [-0.15, -0.1) is 12.3 Å². The number of halogens is 3. The highest BCUT2D eigenvalue weighted by atomic mass is 32.2. The number of likely N-dealkylation sites (N-methyl/N-ethyl adjacent to an activating group) is 1. The number of hydrogen-bond donors (Lipinski definition) is 2. The summed E-state index contributed by atoms with van der Waals surface area (Å²) in [6, 6.07) is 4.94. The van der Waals surface area contributed by atoms with Crippen molar-refractivity contribution in [3.8, 4) is 12.3 Å². The van der Waals surface area contributed by atoms with E-state index in [0.29, 0.717) is 43.3 Å². The van der Waals surface area contributed by atoms with E-state index < -0.39 is 22.7 Å². The minimum atomic E-state index is -4.38. The molecular weight excluding hydrogens is 523 g/mol. The summed E-state index contributed by atoms with van der Waals surface area (Å²) >= 11 is 0. The number of rotatable bonds is 12. The molecule has 0 aliphatic carbocycles. The van der Waals surface area contributed by atoms with Crippen molar-refractivity contribution in [3.05, 3.63) is 70.8 Å². The molecule has 0 radical (unpaired) electrons. The zero-order valence-corrected chi connectivity index (χ0v) is 24.6. The van der Waals surface area contributed by atoms with E-state index in [0.717, 1.165) is 29.1 Å². The highest BCUT2D eigenvalue weighted by Crippen LogP contribution is 2.31. The van der Waals surface area contributed by atoms with Crippen LogP contribution in [0.5, 0.6) is 0 Å². The molecule has 214 valence electrons. The number of aromatic nitrogens is 2. The van der Waals surface area contributed by atoms with Crippen LogP contribution in [0.3, 0.4) is 0 Å². The Morgan fingerprint density at radius 3 is 2.33 bits per heavy atom. The molecule has 6 nitrogen and oxygen atoms in total. The zero-order valence-electron chi connectivity index (χ0n) is 23.8. The van der Waals surface area contributed by atoms with E-state index >= 15 is 0 Å². The van der Waals surface area contributed by atoms with Crippen LogP contribution in [0.4, 0.5) is 24.7 Å². The van der Waals surface area contributed by atoms with Crippen LogP contribution in [-0.2, 0) is 30.0 Å². The Balaban J connectivity index is 0.00000242. The largest absolute Gasteiger partial charge is 0.416 e. The van der Waals surface area contributed by atoms with Gasteiger partial charge in [-0.2, -0.15) is 13.2 Å². The minimum Gasteiger partial charge on any atom is -0.376 e. The topological polar surface area (TPSA) is 70.2 Å². The number of benzene rings is 1. The van der Waals surface area contributed by atoms with Crippen molar-refractivity contribution in [1.29, 1.82) is 0 Å². The summed E-state index contributed by atoms with van der Waals surface area (Å²) in [6.45, 7) is 10.7. The molecule has 0 amide bonds. The van der Waals surface area contributed by atoms with Crippen molar-refractivity contribution in [2.75, 3.05) is 31.7 Å². The molecule has 1 atom stereocenters. The summed E-state index contributed by atoms with van der Waals surface area (Å²) < 4.78 is 53.3. The smallest absolute Gasteiger partial charge is 0.376 e. The van der Waals surface area contributed by atoms with Crippen LogP contribution < -0.4 is 10.0 Å². The number of allylic oxidation sites excluding steroid dienone is 3. The van der Waals surface area contributed by atoms with E-state index in [2.05, 4.69) is 27.3 Å². The van der Waals surface area contributed by atoms with Crippen molar-refractivity contribution in [1.82, 2.24) is 19.6 Å². The molecule has 1 unspecified atom stereocenters. The lowest BCUT2D eigenvalue weighted by molar-refractivity contribution is -0.137. The number of terminal acetylenes is 1. The lowest BCUT2D eigenvalue weighted by atomic mass is 10.1. The van der Waals surface area contributed by atoms with Crippen molar-refractivity contribution >= 4 is 22.5 Å². The highest BCUT2D eigenvalue weighted by molar-refractivity contribution is 7.82. The Morgan fingerprint density at radius 1 is 1.23 bits per heavy atom. The number of hydrogen-bond acceptors (Lipinski definition) is 5. The molecular formula is C29H40F3N5OS. The average molecular weight is 564 g/mol. The van der Waals surface area contributed by atoms with Crippen molar-refractivity contribution in [2.45, 2.75) is 59.6 Å². The second-order valence-electron chi connectivity index (χ2n) is 8.98. The second-order valence-corrected chi connectivity index (χ2v) is 10.2. The van der Waals surface area contributed by atoms with Crippen molar-refractivity contribution in [2.24, 2.45) is 0 Å². The van der Waals surface area contributed by atoms with Gasteiger partial charge in [0.15, 0.2) is 0 Å². The lowest BCUT2D eigenvalue weighted by Gasteiger charge is -2.24. The Labute approximate surface area is 233 Å². The van der Waals surface area contributed by atoms with Crippen LogP contribution in [0.15, 0.2) is 48.2 Å².